The highest BCUT2D eigenvalue weighted by Crippen LogP contribution is 2.42. The molecular weight excluding hydrogens is 234 g/mol. The topological polar surface area (TPSA) is 21.3 Å². The van der Waals surface area contributed by atoms with E-state index < -0.39 is 0 Å². The Labute approximate surface area is 113 Å². The summed E-state index contributed by atoms with van der Waals surface area (Å²) in [6, 6.07) is 15.8. The number of hydrogen-bond donors (Lipinski definition) is 1. The van der Waals surface area contributed by atoms with Crippen LogP contribution in [0.3, 0.4) is 0 Å². The molecule has 0 unspecified atom stereocenters. The minimum absolute atomic E-state index is 0.458. The van der Waals surface area contributed by atoms with Gasteiger partial charge in [0.2, 0.25) is 0 Å². The highest BCUT2D eigenvalue weighted by molar-refractivity contribution is 5.50. The number of hydrogen-bond acceptors (Lipinski definition) is 2. The Hall–Kier alpha value is -1.80. The van der Waals surface area contributed by atoms with Crippen LogP contribution in [-0.4, -0.2) is 13.7 Å². The molecule has 19 heavy (non-hydrogen) atoms. The van der Waals surface area contributed by atoms with Crippen molar-refractivity contribution < 1.29 is 4.74 Å². The Kier molecular flexibility index (Phi) is 2.39. The van der Waals surface area contributed by atoms with Gasteiger partial charge < -0.3 is 10.1 Å². The van der Waals surface area contributed by atoms with Crippen molar-refractivity contribution in [2.24, 2.45) is 0 Å². The lowest BCUT2D eigenvalue weighted by atomic mass is 9.85. The third-order valence-corrected chi connectivity index (χ3v) is 4.47. The molecule has 0 saturated heterocycles. The Morgan fingerprint density at radius 3 is 2.74 bits per heavy atom. The summed E-state index contributed by atoms with van der Waals surface area (Å²) in [4.78, 5) is 0. The van der Waals surface area contributed by atoms with Crippen molar-refractivity contribution >= 4 is 0 Å². The fraction of sp³-hybridized carbons (Fsp3) is 0.294. The lowest BCUT2D eigenvalue weighted by Gasteiger charge is -2.29. The molecule has 0 saturated carbocycles. The lowest BCUT2D eigenvalue weighted by Crippen LogP contribution is -2.31. The SMILES string of the molecule is COc1ccc2c(c1)[C@H]1CN[C@@H](C2)c2ccccc21. The highest BCUT2D eigenvalue weighted by Gasteiger charge is 2.33. The predicted octanol–water partition coefficient (Wildman–Crippen LogP) is 3.03. The van der Waals surface area contributed by atoms with Gasteiger partial charge in [0.05, 0.1) is 7.11 Å². The summed E-state index contributed by atoms with van der Waals surface area (Å²) in [5, 5.41) is 3.68. The van der Waals surface area contributed by atoms with Crippen LogP contribution in [0.4, 0.5) is 0 Å². The van der Waals surface area contributed by atoms with Crippen LogP contribution in [0.1, 0.15) is 34.2 Å². The van der Waals surface area contributed by atoms with Crippen molar-refractivity contribution in [2.75, 3.05) is 13.7 Å². The van der Waals surface area contributed by atoms with Crippen LogP contribution in [0.15, 0.2) is 42.5 Å². The van der Waals surface area contributed by atoms with Crippen molar-refractivity contribution in [3.63, 3.8) is 0 Å². The summed E-state index contributed by atoms with van der Waals surface area (Å²) >= 11 is 0. The molecule has 1 N–H and O–H groups in total. The molecule has 2 nitrogen and oxygen atoms in total. The maximum absolute atomic E-state index is 5.40. The van der Waals surface area contributed by atoms with Gasteiger partial charge in [-0.2, -0.15) is 0 Å². The summed E-state index contributed by atoms with van der Waals surface area (Å²) in [6.45, 7) is 1.03. The van der Waals surface area contributed by atoms with Gasteiger partial charge in [-0.15, -0.1) is 0 Å². The Morgan fingerprint density at radius 2 is 1.89 bits per heavy atom. The second-order valence-corrected chi connectivity index (χ2v) is 5.41. The van der Waals surface area contributed by atoms with E-state index in [0.717, 1.165) is 18.7 Å². The van der Waals surface area contributed by atoms with Crippen LogP contribution in [0, 0.1) is 0 Å². The van der Waals surface area contributed by atoms with Gasteiger partial charge in [-0.25, -0.2) is 0 Å². The van der Waals surface area contributed by atoms with Gasteiger partial charge in [0.15, 0.2) is 0 Å². The number of fused-ring (bicyclic) bond motifs is 1. The molecule has 0 fully saturated rings. The summed E-state index contributed by atoms with van der Waals surface area (Å²) in [7, 11) is 1.74. The third kappa shape index (κ3) is 1.60. The van der Waals surface area contributed by atoms with Crippen LogP contribution in [-0.2, 0) is 6.42 Å². The molecule has 2 bridgehead atoms. The molecule has 1 aliphatic carbocycles. The van der Waals surface area contributed by atoms with E-state index in [0.29, 0.717) is 12.0 Å². The predicted molar refractivity (Wildman–Crippen MR) is 75.7 cm³/mol. The number of ether oxygens (including phenoxy) is 1. The third-order valence-electron chi connectivity index (χ3n) is 4.47. The zero-order valence-corrected chi connectivity index (χ0v) is 11.0. The van der Waals surface area contributed by atoms with Crippen molar-refractivity contribution in [3.8, 4) is 5.75 Å². The molecule has 0 radical (unpaired) electrons. The second kappa shape index (κ2) is 4.10. The van der Waals surface area contributed by atoms with Crippen molar-refractivity contribution in [3.05, 3.63) is 64.7 Å². The molecule has 2 aromatic rings. The maximum atomic E-state index is 5.40. The van der Waals surface area contributed by atoms with E-state index in [-0.39, 0.29) is 0 Å². The van der Waals surface area contributed by atoms with Crippen LogP contribution >= 0.6 is 0 Å². The molecule has 96 valence electrons. The van der Waals surface area contributed by atoms with E-state index in [4.69, 9.17) is 4.74 Å². The molecule has 0 spiro atoms. The summed E-state index contributed by atoms with van der Waals surface area (Å²) < 4.78 is 5.40. The number of nitrogens with one attached hydrogen (secondary N) is 1. The molecule has 2 heterocycles. The number of rotatable bonds is 1. The quantitative estimate of drug-likeness (QED) is 0.841. The Morgan fingerprint density at radius 1 is 1.05 bits per heavy atom. The molecule has 2 heteroatoms. The highest BCUT2D eigenvalue weighted by atomic mass is 16.5. The summed E-state index contributed by atoms with van der Waals surface area (Å²) in [6.07, 6.45) is 1.08. The average molecular weight is 251 g/mol. The van der Waals surface area contributed by atoms with Gasteiger partial charge in [-0.3, -0.25) is 0 Å². The van der Waals surface area contributed by atoms with Gasteiger partial charge in [0.25, 0.3) is 0 Å². The minimum Gasteiger partial charge on any atom is -0.497 e. The van der Waals surface area contributed by atoms with E-state index in [2.05, 4.69) is 47.8 Å². The molecule has 3 aliphatic rings. The van der Waals surface area contributed by atoms with Gasteiger partial charge >= 0.3 is 0 Å². The fourth-order valence-corrected chi connectivity index (χ4v) is 3.52. The Bertz CT molecular complexity index is 635. The summed E-state index contributed by atoms with van der Waals surface area (Å²) in [5.41, 5.74) is 5.84. The van der Waals surface area contributed by atoms with E-state index in [1.165, 1.54) is 22.3 Å². The van der Waals surface area contributed by atoms with Crippen LogP contribution in [0.2, 0.25) is 0 Å². The van der Waals surface area contributed by atoms with Gasteiger partial charge in [0.1, 0.15) is 5.75 Å². The zero-order chi connectivity index (χ0) is 12.8. The maximum Gasteiger partial charge on any atom is 0.119 e. The molecule has 2 aromatic carbocycles. The van der Waals surface area contributed by atoms with Crippen LogP contribution < -0.4 is 10.1 Å². The molecule has 0 aromatic heterocycles. The normalized spacial score (nSPS) is 23.4. The lowest BCUT2D eigenvalue weighted by molar-refractivity contribution is 0.414. The number of methoxy groups -OCH3 is 1. The molecule has 2 aliphatic heterocycles. The number of benzene rings is 2. The standard InChI is InChI=1S/C17H17NO/c1-19-12-7-6-11-8-17-14-5-3-2-4-13(14)16(10-18-17)15(11)9-12/h2-7,9,16-18H,8,10H2,1H3/t16-,17-/m0/s1. The van der Waals surface area contributed by atoms with Crippen LogP contribution in [0.5, 0.6) is 5.75 Å². The summed E-state index contributed by atoms with van der Waals surface area (Å²) in [5.74, 6) is 1.42. The minimum atomic E-state index is 0.458. The molecule has 2 atom stereocenters. The van der Waals surface area contributed by atoms with E-state index in [1.54, 1.807) is 7.11 Å². The van der Waals surface area contributed by atoms with Crippen LogP contribution in [0.25, 0.3) is 0 Å². The van der Waals surface area contributed by atoms with Gasteiger partial charge in [0, 0.05) is 18.5 Å². The Balaban J connectivity index is 1.94. The first-order valence-corrected chi connectivity index (χ1v) is 6.86. The average Bonchev–Trinajstić information content (AvgIpc) is 2.73. The monoisotopic (exact) mass is 251 g/mol. The van der Waals surface area contributed by atoms with Crippen molar-refractivity contribution in [2.45, 2.75) is 18.4 Å². The van der Waals surface area contributed by atoms with Crippen molar-refractivity contribution in [1.82, 2.24) is 5.32 Å². The van der Waals surface area contributed by atoms with Crippen molar-refractivity contribution in [1.29, 1.82) is 0 Å². The first-order valence-electron chi connectivity index (χ1n) is 6.86. The van der Waals surface area contributed by atoms with Gasteiger partial charge in [-0.05, 0) is 40.8 Å². The molecule has 0 amide bonds. The first-order chi connectivity index (χ1) is 9.36. The van der Waals surface area contributed by atoms with Gasteiger partial charge in [-0.1, -0.05) is 30.3 Å². The first kappa shape index (κ1) is 11.1. The smallest absolute Gasteiger partial charge is 0.119 e. The second-order valence-electron chi connectivity index (χ2n) is 5.41. The molecule has 5 rings (SSSR count). The molecular formula is C17H17NO. The largest absolute Gasteiger partial charge is 0.497 e. The van der Waals surface area contributed by atoms with E-state index in [9.17, 15) is 0 Å². The zero-order valence-electron chi connectivity index (χ0n) is 11.0. The van der Waals surface area contributed by atoms with E-state index in [1.807, 2.05) is 0 Å². The fourth-order valence-electron chi connectivity index (χ4n) is 3.52. The van der Waals surface area contributed by atoms with E-state index >= 15 is 0 Å².